The van der Waals surface area contributed by atoms with Crippen molar-refractivity contribution in [3.63, 3.8) is 0 Å². The summed E-state index contributed by atoms with van der Waals surface area (Å²) in [5, 5.41) is 0. The van der Waals surface area contributed by atoms with E-state index in [1.807, 2.05) is 0 Å². The van der Waals surface area contributed by atoms with Gasteiger partial charge in [-0.05, 0) is 0 Å². The van der Waals surface area contributed by atoms with E-state index in [9.17, 15) is 0 Å². The molecule has 0 saturated heterocycles. The van der Waals surface area contributed by atoms with Crippen molar-refractivity contribution in [3.05, 3.63) is 0 Å². The zero-order chi connectivity index (χ0) is 4.50. The Labute approximate surface area is 85.1 Å². The Balaban J connectivity index is -0.0000000133. The van der Waals surface area contributed by atoms with Crippen LogP contribution < -0.4 is 0 Å². The Morgan fingerprint density at radius 3 is 1.00 bits per heavy atom. The summed E-state index contributed by atoms with van der Waals surface area (Å²) < 4.78 is 0. The maximum Gasteiger partial charge on any atom is 2.00 e. The topological polar surface area (TPSA) is 80.9 Å². The molecule has 0 atom stereocenters. The molecule has 0 aliphatic heterocycles. The van der Waals surface area contributed by atoms with Gasteiger partial charge in [-0.2, -0.15) is 0 Å². The van der Waals surface area contributed by atoms with Crippen LogP contribution in [0.4, 0.5) is 0 Å². The second-order valence-electron chi connectivity index (χ2n) is 0.600. The van der Waals surface area contributed by atoms with Crippen LogP contribution in [0.15, 0.2) is 0 Å². The van der Waals surface area contributed by atoms with Crippen molar-refractivity contribution in [2.75, 3.05) is 0 Å². The molecule has 0 rings (SSSR count). The van der Waals surface area contributed by atoms with Gasteiger partial charge in [0.25, 0.3) is 0 Å². The standard InChI is InChI=1S/Ca.Cu.H4O4Si.2H/c;;1-5(2,3)4;;/h;;1-4H;;/q+2;;;2*-1. The first kappa shape index (κ1) is 15.9. The largest absolute Gasteiger partial charge is 2.00 e. The van der Waals surface area contributed by atoms with Gasteiger partial charge in [0.15, 0.2) is 0 Å². The second kappa shape index (κ2) is 5.96. The third-order valence-corrected chi connectivity index (χ3v) is 0. The minimum absolute atomic E-state index is 0. The van der Waals surface area contributed by atoms with E-state index in [4.69, 9.17) is 19.2 Å². The van der Waals surface area contributed by atoms with E-state index in [1.54, 1.807) is 0 Å². The predicted octanol–water partition coefficient (Wildman–Crippen LogP) is -2.77. The van der Waals surface area contributed by atoms with E-state index in [0.717, 1.165) is 0 Å². The van der Waals surface area contributed by atoms with Gasteiger partial charge in [-0.15, -0.1) is 0 Å². The summed E-state index contributed by atoms with van der Waals surface area (Å²) in [6.07, 6.45) is 0. The first-order chi connectivity index (χ1) is 2.00. The van der Waals surface area contributed by atoms with Gasteiger partial charge in [-0.3, -0.25) is 0 Å². The minimum Gasteiger partial charge on any atom is -1.00 e. The number of hydrogen-bond donors (Lipinski definition) is 4. The number of hydrogen-bond acceptors (Lipinski definition) is 4. The molecule has 0 aliphatic rings. The molecule has 0 spiro atoms. The van der Waals surface area contributed by atoms with Crippen molar-refractivity contribution in [1.29, 1.82) is 0 Å². The fourth-order valence-electron chi connectivity index (χ4n) is 0. The van der Waals surface area contributed by atoms with E-state index in [-0.39, 0.29) is 57.7 Å². The van der Waals surface area contributed by atoms with E-state index in [0.29, 0.717) is 0 Å². The summed E-state index contributed by atoms with van der Waals surface area (Å²) in [6, 6.07) is 0. The Kier molecular flexibility index (Phi) is 13.6. The van der Waals surface area contributed by atoms with Crippen LogP contribution in [0.2, 0.25) is 0 Å². The third kappa shape index (κ3) is 79.2. The van der Waals surface area contributed by atoms with Crippen LogP contribution in [-0.2, 0) is 17.1 Å². The molecule has 7 heteroatoms. The zero-order valence-corrected chi connectivity index (χ0v) is 7.45. The molecule has 0 fully saturated rings. The van der Waals surface area contributed by atoms with E-state index in [1.165, 1.54) is 0 Å². The first-order valence-electron chi connectivity index (χ1n) is 0.894. The van der Waals surface area contributed by atoms with Crippen molar-refractivity contribution in [2.45, 2.75) is 0 Å². The molecule has 0 aliphatic carbocycles. The fraction of sp³-hybridized carbons (Fsp3) is 0. The van der Waals surface area contributed by atoms with Crippen molar-refractivity contribution < 1.29 is 39.1 Å². The summed E-state index contributed by atoms with van der Waals surface area (Å²) >= 11 is 0. The maximum atomic E-state index is 7.33. The van der Waals surface area contributed by atoms with E-state index in [2.05, 4.69) is 0 Å². The molecule has 7 heavy (non-hydrogen) atoms. The van der Waals surface area contributed by atoms with Gasteiger partial charge < -0.3 is 22.0 Å². The Bertz CT molecular complexity index is 34.0. The fourth-order valence-corrected chi connectivity index (χ4v) is 0. The van der Waals surface area contributed by atoms with Gasteiger partial charge in [0.1, 0.15) is 0 Å². The molecule has 4 N–H and O–H groups in total. The molecule has 0 saturated carbocycles. The van der Waals surface area contributed by atoms with Crippen molar-refractivity contribution in [1.82, 2.24) is 0 Å². The van der Waals surface area contributed by atoms with Gasteiger partial charge in [-0.1, -0.05) is 0 Å². The first-order valence-corrected chi connectivity index (χ1v) is 2.68. The molecule has 0 aromatic heterocycles. The summed E-state index contributed by atoms with van der Waals surface area (Å²) in [5.41, 5.74) is 0. The minimum atomic E-state index is -4.61. The summed E-state index contributed by atoms with van der Waals surface area (Å²) in [4.78, 5) is 29.3. The quantitative estimate of drug-likeness (QED) is 0.320. The number of rotatable bonds is 0. The van der Waals surface area contributed by atoms with Crippen LogP contribution in [0.3, 0.4) is 0 Å². The van der Waals surface area contributed by atoms with Crippen LogP contribution in [0.25, 0.3) is 0 Å². The van der Waals surface area contributed by atoms with Crippen molar-refractivity contribution >= 4 is 46.8 Å². The Morgan fingerprint density at radius 2 is 1.00 bits per heavy atom. The summed E-state index contributed by atoms with van der Waals surface area (Å²) in [5.74, 6) is 0. The molecule has 0 aromatic rings. The van der Waals surface area contributed by atoms with Crippen molar-refractivity contribution in [2.24, 2.45) is 0 Å². The van der Waals surface area contributed by atoms with E-state index < -0.39 is 9.05 Å². The second-order valence-corrected chi connectivity index (χ2v) is 1.80. The van der Waals surface area contributed by atoms with Gasteiger partial charge in [0, 0.05) is 17.1 Å². The smallest absolute Gasteiger partial charge is 1.00 e. The maximum absolute atomic E-state index is 7.33. The average Bonchev–Trinajstić information content (AvgIpc) is 0.722. The SMILES string of the molecule is O[Si](O)(O)O.[Ca+2].[Cu].[H-].[H-]. The van der Waals surface area contributed by atoms with Crippen LogP contribution in [0, 0.1) is 0 Å². The summed E-state index contributed by atoms with van der Waals surface area (Å²) in [7, 11) is -4.61. The van der Waals surface area contributed by atoms with Gasteiger partial charge in [0.2, 0.25) is 0 Å². The molecule has 0 aromatic carbocycles. The van der Waals surface area contributed by atoms with Crippen LogP contribution in [-0.4, -0.2) is 66.0 Å². The Morgan fingerprint density at radius 1 is 1.00 bits per heavy atom. The molecule has 0 bridgehead atoms. The van der Waals surface area contributed by atoms with Gasteiger partial charge >= 0.3 is 46.8 Å². The van der Waals surface area contributed by atoms with Crippen molar-refractivity contribution in [3.8, 4) is 0 Å². The molecule has 0 unspecified atom stereocenters. The van der Waals surface area contributed by atoms with Crippen LogP contribution >= 0.6 is 0 Å². The predicted molar refractivity (Wildman–Crippen MR) is 22.6 cm³/mol. The average molecular weight is 202 g/mol. The summed E-state index contributed by atoms with van der Waals surface area (Å²) in [6.45, 7) is 0. The molecular weight excluding hydrogens is 196 g/mol. The van der Waals surface area contributed by atoms with Crippen LogP contribution in [0.5, 0.6) is 0 Å². The molecular formula is H6CaCuO4Si. The molecule has 1 radical (unpaired) electrons. The molecule has 0 heterocycles. The normalized spacial score (nSPS) is 8.57. The molecule has 47 valence electrons. The third-order valence-electron chi connectivity index (χ3n) is 0. The zero-order valence-electron chi connectivity index (χ0n) is 5.30. The molecule has 4 nitrogen and oxygen atoms in total. The van der Waals surface area contributed by atoms with E-state index >= 15 is 0 Å². The molecule has 0 amide bonds. The van der Waals surface area contributed by atoms with Crippen LogP contribution in [0.1, 0.15) is 2.85 Å². The Hall–Kier alpha value is 1.84. The van der Waals surface area contributed by atoms with Gasteiger partial charge in [0.05, 0.1) is 0 Å². The van der Waals surface area contributed by atoms with Gasteiger partial charge in [-0.25, -0.2) is 0 Å². The monoisotopic (exact) mass is 201 g/mol.